The molecule has 1 atom stereocenters. The van der Waals surface area contributed by atoms with Crippen LogP contribution in [0.3, 0.4) is 0 Å². The lowest BCUT2D eigenvalue weighted by Crippen LogP contribution is -2.31. The number of aliphatic imine (C=N–C) groups is 1. The Hall–Kier alpha value is -2.81. The van der Waals surface area contributed by atoms with Crippen LogP contribution in [0.1, 0.15) is 17.0 Å². The Kier molecular flexibility index (Phi) is 5.31. The van der Waals surface area contributed by atoms with Crippen molar-refractivity contribution in [1.29, 1.82) is 0 Å². The van der Waals surface area contributed by atoms with Gasteiger partial charge in [-0.2, -0.15) is 0 Å². The molecule has 1 saturated heterocycles. The van der Waals surface area contributed by atoms with Crippen molar-refractivity contribution in [2.45, 2.75) is 26.1 Å². The van der Waals surface area contributed by atoms with Crippen LogP contribution in [0.15, 0.2) is 40.9 Å². The van der Waals surface area contributed by atoms with Crippen LogP contribution in [-0.2, 0) is 11.3 Å². The summed E-state index contributed by atoms with van der Waals surface area (Å²) in [6.45, 7) is 7.53. The van der Waals surface area contributed by atoms with Crippen LogP contribution >= 0.6 is 11.3 Å². The fourth-order valence-electron chi connectivity index (χ4n) is 3.69. The Balaban J connectivity index is 1.47. The second-order valence-corrected chi connectivity index (χ2v) is 8.49. The van der Waals surface area contributed by atoms with Crippen molar-refractivity contribution >= 4 is 34.8 Å². The number of rotatable bonds is 6. The van der Waals surface area contributed by atoms with Gasteiger partial charge in [0.15, 0.2) is 0 Å². The average molecular weight is 415 g/mol. The number of aryl methyl sites for hydroxylation is 1. The van der Waals surface area contributed by atoms with Crippen molar-refractivity contribution in [3.05, 3.63) is 46.5 Å². The Bertz CT molecular complexity index is 956. The number of anilines is 2. The molecule has 0 radical (unpaired) electrons. The highest BCUT2D eigenvalue weighted by molar-refractivity contribution is 7.15. The van der Waals surface area contributed by atoms with E-state index in [-0.39, 0.29) is 5.91 Å². The maximum atomic E-state index is 13.4. The van der Waals surface area contributed by atoms with Crippen molar-refractivity contribution < 1.29 is 9.18 Å². The second-order valence-electron chi connectivity index (χ2n) is 7.27. The van der Waals surface area contributed by atoms with Gasteiger partial charge >= 0.3 is 0 Å². The molecule has 2 aliphatic heterocycles. The van der Waals surface area contributed by atoms with Gasteiger partial charge < -0.3 is 9.80 Å². The number of amides is 1. The molecule has 2 aromatic rings. The molecule has 1 amide bonds. The fourth-order valence-corrected chi connectivity index (χ4v) is 4.46. The van der Waals surface area contributed by atoms with E-state index in [1.165, 1.54) is 11.3 Å². The lowest BCUT2D eigenvalue weighted by atomic mass is 10.2. The molecule has 2 aliphatic rings. The second kappa shape index (κ2) is 7.90. The maximum absolute atomic E-state index is 13.4. The van der Waals surface area contributed by atoms with Gasteiger partial charge in [-0.3, -0.25) is 14.7 Å². The molecule has 1 unspecified atom stereocenters. The first-order valence-electron chi connectivity index (χ1n) is 9.45. The Labute approximate surface area is 173 Å². The van der Waals surface area contributed by atoms with E-state index in [2.05, 4.69) is 21.7 Å². The first kappa shape index (κ1) is 19.5. The number of carbonyl (C=O) groups is 1. The van der Waals surface area contributed by atoms with E-state index < -0.39 is 6.17 Å². The van der Waals surface area contributed by atoms with Crippen molar-refractivity contribution in [1.82, 2.24) is 14.9 Å². The predicted molar refractivity (Wildman–Crippen MR) is 113 cm³/mol. The number of hydrogen-bond acceptors (Lipinski definition) is 7. The van der Waals surface area contributed by atoms with E-state index in [0.717, 1.165) is 21.4 Å². The average Bonchev–Trinajstić information content (AvgIpc) is 3.41. The van der Waals surface area contributed by atoms with Crippen LogP contribution in [0, 0.1) is 6.92 Å². The number of carbonyl (C=O) groups excluding carboxylic acids is 1. The number of nitrogens with zero attached hydrogens (tertiary/aromatic N) is 6. The topological polar surface area (TPSA) is 64.9 Å². The molecular weight excluding hydrogens is 391 g/mol. The van der Waals surface area contributed by atoms with Gasteiger partial charge in [0.25, 0.3) is 5.91 Å². The molecule has 0 spiro atoms. The lowest BCUT2D eigenvalue weighted by molar-refractivity contribution is -0.115. The smallest absolute Gasteiger partial charge is 0.277 e. The van der Waals surface area contributed by atoms with E-state index >= 15 is 0 Å². The molecule has 0 N–H and O–H groups in total. The highest BCUT2D eigenvalue weighted by Crippen LogP contribution is 2.32. The number of thiazole rings is 1. The molecule has 0 aliphatic carbocycles. The van der Waals surface area contributed by atoms with Gasteiger partial charge in [-0.05, 0) is 31.7 Å². The molecule has 2 aromatic heterocycles. The third-order valence-corrected chi connectivity index (χ3v) is 6.10. The molecule has 7 nitrogen and oxygen atoms in total. The zero-order valence-corrected chi connectivity index (χ0v) is 17.3. The summed E-state index contributed by atoms with van der Waals surface area (Å²) in [5.74, 6) is 0.682. The zero-order valence-electron chi connectivity index (χ0n) is 16.5. The number of likely N-dealkylation sites (N-methyl/N-ethyl adjacent to an activating group) is 1. The van der Waals surface area contributed by atoms with Crippen LogP contribution in [0.2, 0.25) is 0 Å². The molecule has 0 bridgehead atoms. The third-order valence-electron chi connectivity index (χ3n) is 5.16. The van der Waals surface area contributed by atoms with Crippen molar-refractivity contribution in [3.8, 4) is 0 Å². The standard InChI is InChI=1S/C20H23FN6OS/c1-13-23-9-18(29-13)27-12-16(22-2)19(20(27)28)25(3)10-14-4-5-17(24-8-14)26-7-6-15(21)11-26/h4-5,8-9,15H,2,6-7,10-12H2,1,3H3. The lowest BCUT2D eigenvalue weighted by Gasteiger charge is -2.22. The van der Waals surface area contributed by atoms with Gasteiger partial charge in [-0.15, -0.1) is 11.3 Å². The third kappa shape index (κ3) is 3.87. The van der Waals surface area contributed by atoms with Gasteiger partial charge in [-0.25, -0.2) is 14.4 Å². The van der Waals surface area contributed by atoms with Crippen LogP contribution in [-0.4, -0.2) is 60.3 Å². The van der Waals surface area contributed by atoms with Gasteiger partial charge in [0.05, 0.1) is 30.0 Å². The SMILES string of the molecule is C=NC1=C(N(C)Cc2ccc(N3CCC(F)C3)nc2)C(=O)N(c2cnc(C)s2)C1. The van der Waals surface area contributed by atoms with E-state index in [1.54, 1.807) is 17.3 Å². The van der Waals surface area contributed by atoms with Crippen LogP contribution in [0.4, 0.5) is 15.2 Å². The first-order valence-corrected chi connectivity index (χ1v) is 10.3. The summed E-state index contributed by atoms with van der Waals surface area (Å²) in [6, 6.07) is 3.88. The minimum atomic E-state index is -0.780. The molecule has 4 rings (SSSR count). The van der Waals surface area contributed by atoms with E-state index in [9.17, 15) is 9.18 Å². The predicted octanol–water partition coefficient (Wildman–Crippen LogP) is 2.79. The molecule has 152 valence electrons. The van der Waals surface area contributed by atoms with E-state index in [4.69, 9.17) is 0 Å². The summed E-state index contributed by atoms with van der Waals surface area (Å²) in [7, 11) is 1.86. The monoisotopic (exact) mass is 414 g/mol. The number of aromatic nitrogens is 2. The molecule has 29 heavy (non-hydrogen) atoms. The highest BCUT2D eigenvalue weighted by Gasteiger charge is 2.34. The molecular formula is C20H23FN6OS. The molecule has 1 fully saturated rings. The Morgan fingerprint density at radius 3 is 2.79 bits per heavy atom. The summed E-state index contributed by atoms with van der Waals surface area (Å²) < 4.78 is 13.4. The quantitative estimate of drug-likeness (QED) is 0.680. The number of halogens is 1. The maximum Gasteiger partial charge on any atom is 0.277 e. The number of hydrogen-bond donors (Lipinski definition) is 0. The number of alkyl halides is 1. The summed E-state index contributed by atoms with van der Waals surface area (Å²) >= 11 is 1.48. The molecule has 0 saturated carbocycles. The summed E-state index contributed by atoms with van der Waals surface area (Å²) in [5.41, 5.74) is 2.15. The van der Waals surface area contributed by atoms with Gasteiger partial charge in [-0.1, -0.05) is 6.07 Å². The van der Waals surface area contributed by atoms with Crippen LogP contribution in [0.5, 0.6) is 0 Å². The van der Waals surface area contributed by atoms with Gasteiger partial charge in [0, 0.05) is 26.3 Å². The van der Waals surface area contributed by atoms with Crippen molar-refractivity contribution in [2.24, 2.45) is 4.99 Å². The summed E-state index contributed by atoms with van der Waals surface area (Å²) in [6.07, 6.45) is 3.26. The molecule has 4 heterocycles. The Morgan fingerprint density at radius 1 is 1.38 bits per heavy atom. The highest BCUT2D eigenvalue weighted by atomic mass is 32.1. The van der Waals surface area contributed by atoms with Crippen LogP contribution < -0.4 is 9.80 Å². The molecule has 9 heteroatoms. The zero-order chi connectivity index (χ0) is 20.5. The van der Waals surface area contributed by atoms with Crippen molar-refractivity contribution in [3.63, 3.8) is 0 Å². The largest absolute Gasteiger partial charge is 0.364 e. The van der Waals surface area contributed by atoms with Gasteiger partial charge in [0.2, 0.25) is 0 Å². The summed E-state index contributed by atoms with van der Waals surface area (Å²) in [5, 5.41) is 1.71. The van der Waals surface area contributed by atoms with E-state index in [1.807, 2.05) is 35.9 Å². The van der Waals surface area contributed by atoms with E-state index in [0.29, 0.717) is 44.0 Å². The normalized spacial score (nSPS) is 19.4. The minimum absolute atomic E-state index is 0.103. The van der Waals surface area contributed by atoms with Gasteiger partial charge in [0.1, 0.15) is 22.7 Å². The first-order chi connectivity index (χ1) is 14.0. The summed E-state index contributed by atoms with van der Waals surface area (Å²) in [4.78, 5) is 31.4. The fraction of sp³-hybridized carbons (Fsp3) is 0.400. The minimum Gasteiger partial charge on any atom is -0.364 e. The van der Waals surface area contributed by atoms with Crippen molar-refractivity contribution in [2.75, 3.05) is 36.5 Å². The molecule has 0 aromatic carbocycles. The Morgan fingerprint density at radius 2 is 2.21 bits per heavy atom. The van der Waals surface area contributed by atoms with Crippen LogP contribution in [0.25, 0.3) is 0 Å². The number of pyridine rings is 1.